The van der Waals surface area contributed by atoms with Gasteiger partial charge in [-0.3, -0.25) is 23.7 Å². The van der Waals surface area contributed by atoms with Gasteiger partial charge in [0.05, 0.1) is 29.8 Å². The summed E-state index contributed by atoms with van der Waals surface area (Å²) in [6, 6.07) is 14.1. The lowest BCUT2D eigenvalue weighted by Crippen LogP contribution is -2.37. The standard InChI is InChI=1S/C22H21N5O4.C20H18N6O3/c1-4-31-20(28)17-16-13-23-27(3)19(16)25-18(24-17)15-7-5-6-14(12-15)8-9-22(30)10-11-26(2)21(22)29;1-25-9-8-20(29,19(25)28)7-6-12-4-3-5-13(10-12)17-23-15(16(21)27)14-11-22-26(2)18(14)24-17/h5-7,12-13,30H,4,10-11H2,1-3H3;3-5,10-11,29H,8-9H2,1-2H3,(H2,21,27)/t22-;20-/m00/s1. The van der Waals surface area contributed by atoms with Gasteiger partial charge >= 0.3 is 5.97 Å². The van der Waals surface area contributed by atoms with E-state index >= 15 is 0 Å². The van der Waals surface area contributed by atoms with Crippen LogP contribution in [0, 0.1) is 23.7 Å². The summed E-state index contributed by atoms with van der Waals surface area (Å²) < 4.78 is 8.23. The second-order valence-electron chi connectivity index (χ2n) is 14.2. The maximum atomic E-state index is 12.4. The number of aliphatic hydroxyl groups is 2. The zero-order valence-electron chi connectivity index (χ0n) is 33.3. The number of hydrogen-bond acceptors (Lipinski definition) is 13. The Morgan fingerprint density at radius 3 is 1.60 bits per heavy atom. The first-order valence-electron chi connectivity index (χ1n) is 18.7. The highest BCUT2D eigenvalue weighted by atomic mass is 16.5. The van der Waals surface area contributed by atoms with Gasteiger partial charge in [-0.2, -0.15) is 10.2 Å². The molecule has 2 atom stereocenters. The van der Waals surface area contributed by atoms with Crippen LogP contribution in [-0.2, 0) is 28.4 Å². The Bertz CT molecular complexity index is 2860. The van der Waals surface area contributed by atoms with Gasteiger partial charge in [0.25, 0.3) is 17.7 Å². The zero-order chi connectivity index (χ0) is 42.9. The molecule has 0 spiro atoms. The summed E-state index contributed by atoms with van der Waals surface area (Å²) >= 11 is 0. The van der Waals surface area contributed by atoms with Gasteiger partial charge in [0.2, 0.25) is 11.2 Å². The average molecular weight is 810 g/mol. The van der Waals surface area contributed by atoms with Crippen LogP contribution in [0.15, 0.2) is 60.9 Å². The lowest BCUT2D eigenvalue weighted by atomic mass is 10.0. The summed E-state index contributed by atoms with van der Waals surface area (Å²) in [6.07, 6.45) is 3.55. The minimum Gasteiger partial charge on any atom is -0.461 e. The quantitative estimate of drug-likeness (QED) is 0.164. The molecule has 4 N–H and O–H groups in total. The minimum atomic E-state index is -1.67. The van der Waals surface area contributed by atoms with E-state index in [4.69, 9.17) is 10.5 Å². The van der Waals surface area contributed by atoms with E-state index in [2.05, 4.69) is 53.8 Å². The molecule has 4 aromatic heterocycles. The number of carbonyl (C=O) groups is 4. The SMILES string of the molecule is CCOC(=O)c1nc(-c2cccc(C#C[C@]3(O)CCN(C)C3=O)c2)nc2c1cnn2C.CN1CC[C@@](O)(C#Cc2cccc(-c3nc(C(N)=O)c4cnn(C)c4n3)c2)C1=O. The van der Waals surface area contributed by atoms with Crippen LogP contribution in [0.3, 0.4) is 0 Å². The summed E-state index contributed by atoms with van der Waals surface area (Å²) in [5.74, 6) is 9.70. The number of carbonyl (C=O) groups excluding carboxylic acids is 4. The molecule has 6 aromatic rings. The lowest BCUT2D eigenvalue weighted by Gasteiger charge is -2.13. The van der Waals surface area contributed by atoms with Gasteiger partial charge < -0.3 is 30.5 Å². The molecule has 0 bridgehead atoms. The summed E-state index contributed by atoms with van der Waals surface area (Å²) in [7, 11) is 6.70. The molecule has 18 nitrogen and oxygen atoms in total. The van der Waals surface area contributed by atoms with Gasteiger partial charge in [-0.05, 0) is 31.2 Å². The van der Waals surface area contributed by atoms with Crippen molar-refractivity contribution in [2.24, 2.45) is 19.8 Å². The van der Waals surface area contributed by atoms with E-state index in [9.17, 15) is 29.4 Å². The third kappa shape index (κ3) is 7.84. The third-order valence-corrected chi connectivity index (χ3v) is 9.97. The first-order valence-corrected chi connectivity index (χ1v) is 18.7. The van der Waals surface area contributed by atoms with Gasteiger partial charge in [-0.15, -0.1) is 0 Å². The fourth-order valence-electron chi connectivity index (χ4n) is 6.61. The molecule has 0 saturated carbocycles. The number of ether oxygens (including phenoxy) is 1. The fourth-order valence-corrected chi connectivity index (χ4v) is 6.61. The highest BCUT2D eigenvalue weighted by Gasteiger charge is 2.43. The molecule has 0 unspecified atom stereocenters. The minimum absolute atomic E-state index is 0.0866. The Hall–Kier alpha value is -7.54. The number of nitrogens with zero attached hydrogens (tertiary/aromatic N) is 10. The number of primary amides is 1. The molecule has 3 amide bonds. The van der Waals surface area contributed by atoms with Gasteiger partial charge in [0.15, 0.2) is 28.6 Å². The smallest absolute Gasteiger partial charge is 0.357 e. The number of likely N-dealkylation sites (tertiary alicyclic amines) is 2. The first kappa shape index (κ1) is 40.6. The normalized spacial score (nSPS) is 18.4. The van der Waals surface area contributed by atoms with Crippen molar-refractivity contribution in [1.82, 2.24) is 49.3 Å². The number of amides is 3. The van der Waals surface area contributed by atoms with E-state index in [1.165, 1.54) is 26.9 Å². The third-order valence-electron chi connectivity index (χ3n) is 9.97. The Labute approximate surface area is 343 Å². The Balaban J connectivity index is 0.000000182. The summed E-state index contributed by atoms with van der Waals surface area (Å²) in [5, 5.41) is 30.2. The molecule has 18 heteroatoms. The van der Waals surface area contributed by atoms with Crippen LogP contribution in [0.5, 0.6) is 0 Å². The average Bonchev–Trinajstić information content (AvgIpc) is 3.97. The molecule has 2 aliphatic rings. The molecular formula is C42H39N11O7. The predicted octanol–water partition coefficient (Wildman–Crippen LogP) is 1.23. The number of rotatable bonds is 5. The van der Waals surface area contributed by atoms with E-state index < -0.39 is 34.9 Å². The van der Waals surface area contributed by atoms with E-state index in [0.29, 0.717) is 69.1 Å². The second-order valence-corrected chi connectivity index (χ2v) is 14.2. The largest absolute Gasteiger partial charge is 0.461 e. The number of nitrogens with two attached hydrogens (primary N) is 1. The van der Waals surface area contributed by atoms with Crippen molar-refractivity contribution in [1.29, 1.82) is 0 Å². The van der Waals surface area contributed by atoms with Crippen LogP contribution in [-0.4, -0.2) is 128 Å². The maximum Gasteiger partial charge on any atom is 0.357 e. The monoisotopic (exact) mass is 809 g/mol. The molecular weight excluding hydrogens is 771 g/mol. The van der Waals surface area contributed by atoms with Crippen molar-refractivity contribution in [2.45, 2.75) is 31.0 Å². The van der Waals surface area contributed by atoms with E-state index in [1.54, 1.807) is 88.3 Å². The molecule has 2 aliphatic heterocycles. The number of benzene rings is 2. The Kier molecular flexibility index (Phi) is 10.8. The van der Waals surface area contributed by atoms with E-state index in [1.807, 2.05) is 0 Å². The van der Waals surface area contributed by atoms with Gasteiger partial charge in [0, 0.05) is 76.4 Å². The van der Waals surface area contributed by atoms with Crippen LogP contribution in [0.2, 0.25) is 0 Å². The van der Waals surface area contributed by atoms with E-state index in [-0.39, 0.29) is 30.8 Å². The van der Waals surface area contributed by atoms with Crippen molar-refractivity contribution in [3.63, 3.8) is 0 Å². The lowest BCUT2D eigenvalue weighted by molar-refractivity contribution is -0.138. The van der Waals surface area contributed by atoms with Crippen molar-refractivity contribution in [2.75, 3.05) is 33.8 Å². The molecule has 8 rings (SSSR count). The molecule has 60 heavy (non-hydrogen) atoms. The summed E-state index contributed by atoms with van der Waals surface area (Å²) in [5.41, 5.74) is 5.73. The molecule has 2 aromatic carbocycles. The van der Waals surface area contributed by atoms with Crippen LogP contribution in [0.1, 0.15) is 51.9 Å². The van der Waals surface area contributed by atoms with Crippen LogP contribution in [0.4, 0.5) is 0 Å². The number of esters is 1. The highest BCUT2D eigenvalue weighted by molar-refractivity contribution is 6.03. The van der Waals surface area contributed by atoms with Gasteiger partial charge in [-0.25, -0.2) is 24.7 Å². The van der Waals surface area contributed by atoms with Crippen LogP contribution in [0.25, 0.3) is 44.8 Å². The predicted molar refractivity (Wildman–Crippen MR) is 216 cm³/mol. The molecule has 2 fully saturated rings. The van der Waals surface area contributed by atoms with Crippen LogP contribution < -0.4 is 5.73 Å². The molecule has 2 saturated heterocycles. The summed E-state index contributed by atoms with van der Waals surface area (Å²) in [4.78, 5) is 69.1. The highest BCUT2D eigenvalue weighted by Crippen LogP contribution is 2.26. The van der Waals surface area contributed by atoms with Crippen molar-refractivity contribution >= 4 is 45.8 Å². The second kappa shape index (κ2) is 16.0. The molecule has 6 heterocycles. The topological polar surface area (TPSA) is 238 Å². The molecule has 0 radical (unpaired) electrons. The molecule has 304 valence electrons. The van der Waals surface area contributed by atoms with Crippen LogP contribution >= 0.6 is 0 Å². The van der Waals surface area contributed by atoms with Crippen molar-refractivity contribution in [3.8, 4) is 46.5 Å². The molecule has 0 aliphatic carbocycles. The Morgan fingerprint density at radius 2 is 1.18 bits per heavy atom. The number of hydrogen-bond donors (Lipinski definition) is 3. The fraction of sp³-hybridized carbons (Fsp3) is 0.286. The maximum absolute atomic E-state index is 12.4. The van der Waals surface area contributed by atoms with Gasteiger partial charge in [-0.1, -0.05) is 47.9 Å². The number of likely N-dealkylation sites (N-methyl/N-ethyl adjacent to an activating group) is 2. The number of aromatic nitrogens is 8. The van der Waals surface area contributed by atoms with Crippen molar-refractivity contribution in [3.05, 3.63) is 83.4 Å². The Morgan fingerprint density at radius 1 is 0.733 bits per heavy atom. The van der Waals surface area contributed by atoms with Gasteiger partial charge in [0.1, 0.15) is 5.69 Å². The first-order chi connectivity index (χ1) is 28.6. The number of aryl methyl sites for hydroxylation is 2. The zero-order valence-corrected chi connectivity index (χ0v) is 33.3. The number of fused-ring (bicyclic) bond motifs is 2. The summed E-state index contributed by atoms with van der Waals surface area (Å²) in [6.45, 7) is 2.86. The van der Waals surface area contributed by atoms with Crippen molar-refractivity contribution < 1.29 is 34.1 Å². The van der Waals surface area contributed by atoms with E-state index in [0.717, 1.165) is 0 Å².